The van der Waals surface area contributed by atoms with Crippen molar-refractivity contribution < 1.29 is 4.79 Å². The number of likely N-dealkylation sites (tertiary alicyclic amines) is 1. The molecule has 1 amide bonds. The molecule has 0 unspecified atom stereocenters. The van der Waals surface area contributed by atoms with Gasteiger partial charge in [0.2, 0.25) is 5.91 Å². The summed E-state index contributed by atoms with van der Waals surface area (Å²) < 4.78 is 1.96. The van der Waals surface area contributed by atoms with E-state index in [4.69, 9.17) is 9.97 Å². The van der Waals surface area contributed by atoms with Gasteiger partial charge in [0.25, 0.3) is 0 Å². The van der Waals surface area contributed by atoms with Gasteiger partial charge in [-0.2, -0.15) is 0 Å². The molecule has 1 N–H and O–H groups in total. The van der Waals surface area contributed by atoms with Crippen molar-refractivity contribution >= 4 is 23.1 Å². The van der Waals surface area contributed by atoms with Gasteiger partial charge >= 0.3 is 0 Å². The third-order valence-electron chi connectivity index (χ3n) is 6.01. The van der Waals surface area contributed by atoms with E-state index in [1.165, 1.54) is 0 Å². The van der Waals surface area contributed by atoms with Gasteiger partial charge in [-0.25, -0.2) is 15.0 Å². The van der Waals surface area contributed by atoms with Gasteiger partial charge in [0.05, 0.1) is 11.4 Å². The molecule has 1 aliphatic rings. The largest absolute Gasteiger partial charge is 0.340 e. The van der Waals surface area contributed by atoms with E-state index in [9.17, 15) is 4.79 Å². The summed E-state index contributed by atoms with van der Waals surface area (Å²) in [6, 6.07) is 10.0. The molecule has 0 spiro atoms. The predicted molar refractivity (Wildman–Crippen MR) is 123 cm³/mol. The Hall–Kier alpha value is -3.81. The molecule has 32 heavy (non-hydrogen) atoms. The van der Waals surface area contributed by atoms with Crippen LogP contribution in [0, 0.1) is 0 Å². The summed E-state index contributed by atoms with van der Waals surface area (Å²) in [6.45, 7) is 4.36. The van der Waals surface area contributed by atoms with Crippen molar-refractivity contribution in [3.63, 3.8) is 0 Å². The molecule has 2 atom stereocenters. The molecule has 4 aromatic heterocycles. The quantitative estimate of drug-likeness (QED) is 0.529. The summed E-state index contributed by atoms with van der Waals surface area (Å²) in [5.74, 6) is 1.64. The van der Waals surface area contributed by atoms with Crippen molar-refractivity contribution in [2.24, 2.45) is 0 Å². The van der Waals surface area contributed by atoms with Crippen molar-refractivity contribution in [3.8, 4) is 11.3 Å². The second kappa shape index (κ2) is 8.37. The van der Waals surface area contributed by atoms with E-state index in [1.54, 1.807) is 25.5 Å². The Morgan fingerprint density at radius 2 is 2.06 bits per heavy atom. The van der Waals surface area contributed by atoms with Crippen LogP contribution in [0.5, 0.6) is 0 Å². The Balaban J connectivity index is 1.52. The number of piperidine rings is 1. The zero-order valence-corrected chi connectivity index (χ0v) is 18.1. The SMILES string of the molecule is CC(=O)N1C[C@H](c2nc(Nc3ccc4nccn4c3)cc(-c3cccnc3)n2)CC[C@@H]1C. The van der Waals surface area contributed by atoms with E-state index in [0.717, 1.165) is 41.3 Å². The number of pyridine rings is 2. The Kier molecular flexibility index (Phi) is 5.26. The molecule has 1 fully saturated rings. The molecule has 8 nitrogen and oxygen atoms in total. The van der Waals surface area contributed by atoms with E-state index in [1.807, 2.05) is 52.0 Å². The molecule has 5 heterocycles. The predicted octanol–water partition coefficient (Wildman–Crippen LogP) is 4.04. The summed E-state index contributed by atoms with van der Waals surface area (Å²) in [7, 11) is 0. The molecular formula is C24H25N7O. The summed E-state index contributed by atoms with van der Waals surface area (Å²) >= 11 is 0. The minimum atomic E-state index is 0.0865. The average Bonchev–Trinajstić information content (AvgIpc) is 3.27. The normalized spacial score (nSPS) is 18.6. The lowest BCUT2D eigenvalue weighted by atomic mass is 9.92. The standard InChI is InChI=1S/C24H25N7O/c1-16-5-6-19(14-31(16)17(2)32)24-28-21(18-4-3-9-25-13-18)12-22(29-24)27-20-7-8-23-26-10-11-30(23)15-20/h3-4,7-13,15-16,19H,5-6,14H2,1-2H3,(H,27,28,29)/t16-,19+/m0/s1. The zero-order chi connectivity index (χ0) is 22.1. The molecule has 4 aromatic rings. The number of amides is 1. The first kappa shape index (κ1) is 20.1. The molecular weight excluding hydrogens is 402 g/mol. The first-order chi connectivity index (χ1) is 15.6. The molecule has 0 bridgehead atoms. The fraction of sp³-hybridized carbons (Fsp3) is 0.292. The summed E-state index contributed by atoms with van der Waals surface area (Å²) in [5.41, 5.74) is 3.52. The van der Waals surface area contributed by atoms with Gasteiger partial charge in [-0.05, 0) is 44.0 Å². The second-order valence-corrected chi connectivity index (χ2v) is 8.27. The lowest BCUT2D eigenvalue weighted by molar-refractivity contribution is -0.132. The summed E-state index contributed by atoms with van der Waals surface area (Å²) in [4.78, 5) is 32.3. The molecule has 5 rings (SSSR count). The van der Waals surface area contributed by atoms with Gasteiger partial charge in [0.15, 0.2) is 0 Å². The van der Waals surface area contributed by atoms with Crippen molar-refractivity contribution in [3.05, 3.63) is 67.1 Å². The number of anilines is 2. The van der Waals surface area contributed by atoms with Crippen molar-refractivity contribution in [2.75, 3.05) is 11.9 Å². The third kappa shape index (κ3) is 4.03. The first-order valence-corrected chi connectivity index (χ1v) is 10.8. The van der Waals surface area contributed by atoms with Gasteiger partial charge in [0, 0.05) is 68.0 Å². The summed E-state index contributed by atoms with van der Waals surface area (Å²) in [6.07, 6.45) is 11.1. The number of nitrogens with zero attached hydrogens (tertiary/aromatic N) is 6. The van der Waals surface area contributed by atoms with Crippen LogP contribution in [0.2, 0.25) is 0 Å². The van der Waals surface area contributed by atoms with Crippen molar-refractivity contribution in [1.29, 1.82) is 0 Å². The average molecular weight is 428 g/mol. The van der Waals surface area contributed by atoms with E-state index in [2.05, 4.69) is 22.2 Å². The molecule has 0 saturated carbocycles. The van der Waals surface area contributed by atoms with Crippen LogP contribution in [0.15, 0.2) is 61.3 Å². The van der Waals surface area contributed by atoms with E-state index in [0.29, 0.717) is 12.4 Å². The fourth-order valence-electron chi connectivity index (χ4n) is 4.27. The topological polar surface area (TPSA) is 88.3 Å². The van der Waals surface area contributed by atoms with Crippen LogP contribution in [-0.4, -0.2) is 47.7 Å². The number of rotatable bonds is 4. The van der Waals surface area contributed by atoms with Crippen molar-refractivity contribution in [2.45, 2.75) is 38.6 Å². The number of imidazole rings is 1. The van der Waals surface area contributed by atoms with Crippen molar-refractivity contribution in [1.82, 2.24) is 29.2 Å². The fourth-order valence-corrected chi connectivity index (χ4v) is 4.27. The number of fused-ring (bicyclic) bond motifs is 1. The number of carbonyl (C=O) groups is 1. The number of hydrogen-bond donors (Lipinski definition) is 1. The number of nitrogens with one attached hydrogen (secondary N) is 1. The maximum Gasteiger partial charge on any atom is 0.219 e. The van der Waals surface area contributed by atoms with Crippen LogP contribution in [0.1, 0.15) is 38.4 Å². The van der Waals surface area contributed by atoms with Gasteiger partial charge < -0.3 is 14.6 Å². The lowest BCUT2D eigenvalue weighted by Gasteiger charge is -2.37. The highest BCUT2D eigenvalue weighted by Crippen LogP contribution is 2.31. The maximum atomic E-state index is 12.1. The third-order valence-corrected chi connectivity index (χ3v) is 6.01. The molecule has 1 aliphatic heterocycles. The van der Waals surface area contributed by atoms with Crippen LogP contribution in [0.3, 0.4) is 0 Å². The Labute approximate surface area is 186 Å². The number of carbonyl (C=O) groups excluding carboxylic acids is 1. The first-order valence-electron chi connectivity index (χ1n) is 10.8. The second-order valence-electron chi connectivity index (χ2n) is 8.27. The van der Waals surface area contributed by atoms with E-state index >= 15 is 0 Å². The lowest BCUT2D eigenvalue weighted by Crippen LogP contribution is -2.44. The van der Waals surface area contributed by atoms with Crippen LogP contribution in [-0.2, 0) is 4.79 Å². The van der Waals surface area contributed by atoms with Gasteiger partial charge in [-0.15, -0.1) is 0 Å². The maximum absolute atomic E-state index is 12.1. The van der Waals surface area contributed by atoms with Gasteiger partial charge in [0.1, 0.15) is 17.3 Å². The molecule has 0 aromatic carbocycles. The highest BCUT2D eigenvalue weighted by Gasteiger charge is 2.30. The Morgan fingerprint density at radius 1 is 1.16 bits per heavy atom. The van der Waals surface area contributed by atoms with Crippen LogP contribution in [0.25, 0.3) is 16.9 Å². The van der Waals surface area contributed by atoms with E-state index < -0.39 is 0 Å². The Bertz CT molecular complexity index is 1250. The summed E-state index contributed by atoms with van der Waals surface area (Å²) in [5, 5.41) is 3.42. The van der Waals surface area contributed by atoms with Gasteiger partial charge in [-0.3, -0.25) is 9.78 Å². The highest BCUT2D eigenvalue weighted by molar-refractivity contribution is 5.74. The highest BCUT2D eigenvalue weighted by atomic mass is 16.2. The number of hydrogen-bond acceptors (Lipinski definition) is 6. The zero-order valence-electron chi connectivity index (χ0n) is 18.1. The minimum Gasteiger partial charge on any atom is -0.340 e. The molecule has 0 aliphatic carbocycles. The molecule has 8 heteroatoms. The minimum absolute atomic E-state index is 0.0865. The van der Waals surface area contributed by atoms with Gasteiger partial charge in [-0.1, -0.05) is 0 Å². The number of aromatic nitrogens is 5. The smallest absolute Gasteiger partial charge is 0.219 e. The molecule has 0 radical (unpaired) electrons. The van der Waals surface area contributed by atoms with Crippen LogP contribution in [0.4, 0.5) is 11.5 Å². The monoisotopic (exact) mass is 427 g/mol. The van der Waals surface area contributed by atoms with Crippen LogP contribution < -0.4 is 5.32 Å². The Morgan fingerprint density at radius 3 is 2.88 bits per heavy atom. The van der Waals surface area contributed by atoms with E-state index in [-0.39, 0.29) is 17.9 Å². The molecule has 1 saturated heterocycles. The van der Waals surface area contributed by atoms with Crippen LogP contribution >= 0.6 is 0 Å². The molecule has 162 valence electrons.